The quantitative estimate of drug-likeness (QED) is 0.670. The fourth-order valence-electron chi connectivity index (χ4n) is 1.18. The van der Waals surface area contributed by atoms with E-state index in [2.05, 4.69) is 10.2 Å². The zero-order valence-electron chi connectivity index (χ0n) is 6.19. The van der Waals surface area contributed by atoms with Crippen LogP contribution in [0, 0.1) is 0 Å². The van der Waals surface area contributed by atoms with Gasteiger partial charge in [-0.25, -0.2) is 0 Å². The molecule has 0 spiro atoms. The van der Waals surface area contributed by atoms with Crippen molar-refractivity contribution < 1.29 is 9.90 Å². The summed E-state index contributed by atoms with van der Waals surface area (Å²) in [5, 5.41) is 16.1. The second-order valence-electron chi connectivity index (χ2n) is 2.54. The number of allylic oxidation sites excluding steroid dienone is 3. The van der Waals surface area contributed by atoms with Crippen LogP contribution in [0.4, 0.5) is 0 Å². The van der Waals surface area contributed by atoms with Gasteiger partial charge in [0, 0.05) is 5.57 Å². The topological polar surface area (TPSA) is 62.0 Å². The molecule has 12 heavy (non-hydrogen) atoms. The van der Waals surface area contributed by atoms with Crippen LogP contribution >= 0.6 is 0 Å². The molecule has 0 fully saturated rings. The first kappa shape index (κ1) is 6.97. The minimum atomic E-state index is -0.877. The standard InChI is InChI=1S/C8H6N2O2/c11-8(12)4-7-5-2-1-3-6(5)9-10-7/h1-3H,4H2,(H,11,12). The molecular weight excluding hydrogens is 156 g/mol. The fraction of sp³-hybridized carbons (Fsp3) is 0.125. The van der Waals surface area contributed by atoms with Crippen LogP contribution in [-0.4, -0.2) is 11.1 Å². The molecule has 0 amide bonds. The predicted octanol–water partition coefficient (Wildman–Crippen LogP) is 1.63. The summed E-state index contributed by atoms with van der Waals surface area (Å²) < 4.78 is 0. The van der Waals surface area contributed by atoms with Crippen LogP contribution in [-0.2, 0) is 4.79 Å². The third-order valence-electron chi connectivity index (χ3n) is 1.70. The van der Waals surface area contributed by atoms with Crippen molar-refractivity contribution in [3.8, 4) is 0 Å². The van der Waals surface area contributed by atoms with E-state index >= 15 is 0 Å². The van der Waals surface area contributed by atoms with E-state index in [1.54, 1.807) is 0 Å². The third-order valence-corrected chi connectivity index (χ3v) is 1.70. The molecule has 4 nitrogen and oxygen atoms in total. The number of aliphatic carboxylic acids is 1. The highest BCUT2D eigenvalue weighted by Crippen LogP contribution is 2.31. The Kier molecular flexibility index (Phi) is 1.40. The van der Waals surface area contributed by atoms with Crippen molar-refractivity contribution in [2.45, 2.75) is 6.42 Å². The highest BCUT2D eigenvalue weighted by Gasteiger charge is 2.19. The van der Waals surface area contributed by atoms with Gasteiger partial charge in [-0.2, -0.15) is 10.2 Å². The van der Waals surface area contributed by atoms with Gasteiger partial charge in [0.15, 0.2) is 0 Å². The number of hydrogen-bond acceptors (Lipinski definition) is 3. The van der Waals surface area contributed by atoms with E-state index in [0.717, 1.165) is 11.3 Å². The lowest BCUT2D eigenvalue weighted by Gasteiger charge is -1.92. The lowest BCUT2D eigenvalue weighted by molar-refractivity contribution is -0.136. The number of carbonyl (C=O) groups is 1. The van der Waals surface area contributed by atoms with E-state index in [9.17, 15) is 4.79 Å². The third kappa shape index (κ3) is 0.972. The molecule has 0 aromatic heterocycles. The summed E-state index contributed by atoms with van der Waals surface area (Å²) in [5.74, 6) is -0.877. The first-order chi connectivity index (χ1) is 5.77. The van der Waals surface area contributed by atoms with Gasteiger partial charge in [-0.15, -0.1) is 0 Å². The Balaban J connectivity index is 2.31. The number of fused-ring (bicyclic) bond motifs is 1. The van der Waals surface area contributed by atoms with Crippen molar-refractivity contribution in [3.05, 3.63) is 35.2 Å². The Morgan fingerprint density at radius 2 is 2.33 bits per heavy atom. The highest BCUT2D eigenvalue weighted by molar-refractivity contribution is 5.71. The molecule has 1 aliphatic carbocycles. The van der Waals surface area contributed by atoms with E-state index < -0.39 is 5.97 Å². The van der Waals surface area contributed by atoms with Gasteiger partial charge in [-0.1, -0.05) is 12.2 Å². The van der Waals surface area contributed by atoms with E-state index in [4.69, 9.17) is 5.11 Å². The predicted molar refractivity (Wildman–Crippen MR) is 41.4 cm³/mol. The summed E-state index contributed by atoms with van der Waals surface area (Å²) in [4.78, 5) is 10.4. The van der Waals surface area contributed by atoms with Crippen LogP contribution in [0.1, 0.15) is 6.42 Å². The number of rotatable bonds is 2. The van der Waals surface area contributed by atoms with Gasteiger partial charge >= 0.3 is 5.97 Å². The maximum absolute atomic E-state index is 10.4. The fourth-order valence-corrected chi connectivity index (χ4v) is 1.18. The van der Waals surface area contributed by atoms with Gasteiger partial charge in [-0.05, 0) is 6.08 Å². The maximum Gasteiger partial charge on any atom is 0.309 e. The minimum absolute atomic E-state index is 0.0550. The van der Waals surface area contributed by atoms with Crippen LogP contribution in [0.5, 0.6) is 0 Å². The Morgan fingerprint density at radius 1 is 1.50 bits per heavy atom. The van der Waals surface area contributed by atoms with Crippen LogP contribution in [0.25, 0.3) is 0 Å². The van der Waals surface area contributed by atoms with Crippen molar-refractivity contribution >= 4 is 5.97 Å². The van der Waals surface area contributed by atoms with Gasteiger partial charge in [0.2, 0.25) is 0 Å². The minimum Gasteiger partial charge on any atom is -0.481 e. The smallest absolute Gasteiger partial charge is 0.309 e. The largest absolute Gasteiger partial charge is 0.481 e. The summed E-state index contributed by atoms with van der Waals surface area (Å²) in [6.45, 7) is 0. The first-order valence-electron chi connectivity index (χ1n) is 3.53. The molecule has 0 atom stereocenters. The molecular formula is C8H6N2O2. The number of carboxylic acid groups (broad SMARTS) is 1. The van der Waals surface area contributed by atoms with Crippen molar-refractivity contribution in [1.82, 2.24) is 0 Å². The average Bonchev–Trinajstić information content (AvgIpc) is 2.52. The van der Waals surface area contributed by atoms with Gasteiger partial charge in [0.25, 0.3) is 0 Å². The van der Waals surface area contributed by atoms with Crippen molar-refractivity contribution in [2.24, 2.45) is 10.2 Å². The van der Waals surface area contributed by atoms with Gasteiger partial charge in [0.05, 0.1) is 17.8 Å². The number of nitrogens with zero attached hydrogens (tertiary/aromatic N) is 2. The van der Waals surface area contributed by atoms with Crippen LogP contribution in [0.15, 0.2) is 45.4 Å². The zero-order chi connectivity index (χ0) is 8.55. The molecule has 4 heteroatoms. The molecule has 2 aliphatic rings. The van der Waals surface area contributed by atoms with Crippen LogP contribution in [0.2, 0.25) is 0 Å². The summed E-state index contributed by atoms with van der Waals surface area (Å²) in [7, 11) is 0. The van der Waals surface area contributed by atoms with E-state index in [-0.39, 0.29) is 6.42 Å². The molecule has 0 radical (unpaired) electrons. The molecule has 60 valence electrons. The van der Waals surface area contributed by atoms with Crippen LogP contribution in [0.3, 0.4) is 0 Å². The van der Waals surface area contributed by atoms with Gasteiger partial charge < -0.3 is 5.11 Å². The Hall–Kier alpha value is -1.71. The van der Waals surface area contributed by atoms with Crippen molar-refractivity contribution in [1.29, 1.82) is 0 Å². The second kappa shape index (κ2) is 2.41. The van der Waals surface area contributed by atoms with Crippen molar-refractivity contribution in [2.75, 3.05) is 0 Å². The normalized spacial score (nSPS) is 18.5. The lowest BCUT2D eigenvalue weighted by atomic mass is 10.1. The first-order valence-corrected chi connectivity index (χ1v) is 3.53. The molecule has 0 aromatic carbocycles. The molecule has 1 aliphatic heterocycles. The zero-order valence-corrected chi connectivity index (χ0v) is 6.19. The molecule has 0 unspecified atom stereocenters. The maximum atomic E-state index is 10.4. The second-order valence-corrected chi connectivity index (χ2v) is 2.54. The van der Waals surface area contributed by atoms with E-state index in [1.165, 1.54) is 0 Å². The monoisotopic (exact) mass is 162 g/mol. The SMILES string of the molecule is O=C(O)CC1=C2C=CC=C2N=N1. The van der Waals surface area contributed by atoms with Gasteiger partial charge in [-0.3, -0.25) is 4.79 Å². The van der Waals surface area contributed by atoms with Gasteiger partial charge in [0.1, 0.15) is 0 Å². The Bertz CT molecular complexity index is 361. The van der Waals surface area contributed by atoms with Crippen molar-refractivity contribution in [3.63, 3.8) is 0 Å². The Labute approximate surface area is 68.6 Å². The summed E-state index contributed by atoms with van der Waals surface area (Å²) in [5.41, 5.74) is 2.16. The Morgan fingerprint density at radius 3 is 3.08 bits per heavy atom. The summed E-state index contributed by atoms with van der Waals surface area (Å²) >= 11 is 0. The summed E-state index contributed by atoms with van der Waals surface area (Å²) in [6.07, 6.45) is 5.42. The summed E-state index contributed by atoms with van der Waals surface area (Å²) in [6, 6.07) is 0. The average molecular weight is 162 g/mol. The molecule has 0 saturated heterocycles. The molecule has 0 saturated carbocycles. The molecule has 2 rings (SSSR count). The number of azo groups is 1. The number of carboxylic acids is 1. The van der Waals surface area contributed by atoms with E-state index in [1.807, 2.05) is 18.2 Å². The molecule has 0 aromatic rings. The van der Waals surface area contributed by atoms with Crippen LogP contribution < -0.4 is 0 Å². The number of hydrogen-bond donors (Lipinski definition) is 1. The lowest BCUT2D eigenvalue weighted by Crippen LogP contribution is -1.95. The molecule has 0 bridgehead atoms. The molecule has 1 N–H and O–H groups in total. The molecule has 1 heterocycles. The highest BCUT2D eigenvalue weighted by atomic mass is 16.4. The van der Waals surface area contributed by atoms with E-state index in [0.29, 0.717) is 5.70 Å².